The average molecular weight is 344 g/mol. The summed E-state index contributed by atoms with van der Waals surface area (Å²) in [5, 5.41) is 0. The zero-order valence-electron chi connectivity index (χ0n) is 13.7. The Labute approximate surface area is 139 Å². The van der Waals surface area contributed by atoms with Crippen LogP contribution in [0.15, 0.2) is 11.0 Å². The second-order valence-electron chi connectivity index (χ2n) is 5.52. The highest BCUT2D eigenvalue weighted by Crippen LogP contribution is 2.43. The third-order valence-electron chi connectivity index (χ3n) is 3.92. The first kappa shape index (κ1) is 18.2. The van der Waals surface area contributed by atoms with Crippen LogP contribution in [0.1, 0.15) is 46.5 Å². The van der Waals surface area contributed by atoms with Crippen molar-refractivity contribution in [2.75, 3.05) is 25.7 Å². The summed E-state index contributed by atoms with van der Waals surface area (Å²) in [6, 6.07) is 1.82. The molecule has 0 aliphatic carbocycles. The number of fused-ring (bicyclic) bond motifs is 1. The Morgan fingerprint density at radius 3 is 2.70 bits per heavy atom. The second kappa shape index (κ2) is 8.11. The van der Waals surface area contributed by atoms with Crippen LogP contribution in [0.25, 0.3) is 0 Å². The monoisotopic (exact) mass is 344 g/mol. The van der Waals surface area contributed by atoms with Crippen LogP contribution in [0.5, 0.6) is 0 Å². The number of rotatable bonds is 6. The summed E-state index contributed by atoms with van der Waals surface area (Å²) in [4.78, 5) is 13.2. The van der Waals surface area contributed by atoms with E-state index in [4.69, 9.17) is 9.47 Å². The molecule has 0 saturated carbocycles. The van der Waals surface area contributed by atoms with Gasteiger partial charge >= 0.3 is 5.97 Å². The van der Waals surface area contributed by atoms with Crippen molar-refractivity contribution in [1.82, 2.24) is 0 Å². The standard InChI is InChI=1S/C17H22F2O3S/c1-4-21-17(20)13-7-10(2)16-15(11(13)3)14(5-6-23-16)22-12(8-18)9-19/h7,12,14H,4-6,8-9H2,1-3H3. The Kier molecular flexibility index (Phi) is 6.41. The summed E-state index contributed by atoms with van der Waals surface area (Å²) in [5.74, 6) is 0.444. The number of thioether (sulfide) groups is 1. The highest BCUT2D eigenvalue weighted by atomic mass is 32.2. The molecule has 1 aliphatic heterocycles. The molecule has 0 fully saturated rings. The van der Waals surface area contributed by atoms with Gasteiger partial charge in [0.1, 0.15) is 19.5 Å². The van der Waals surface area contributed by atoms with Gasteiger partial charge in [0.15, 0.2) is 0 Å². The summed E-state index contributed by atoms with van der Waals surface area (Å²) in [6.45, 7) is 4.11. The molecule has 1 aromatic rings. The number of aryl methyl sites for hydroxylation is 1. The van der Waals surface area contributed by atoms with Gasteiger partial charge in [0.25, 0.3) is 0 Å². The third-order valence-corrected chi connectivity index (χ3v) is 5.19. The van der Waals surface area contributed by atoms with Crippen molar-refractivity contribution < 1.29 is 23.0 Å². The van der Waals surface area contributed by atoms with Gasteiger partial charge in [0.05, 0.1) is 18.3 Å². The molecule has 1 unspecified atom stereocenters. The molecule has 6 heteroatoms. The largest absolute Gasteiger partial charge is 0.462 e. The van der Waals surface area contributed by atoms with Gasteiger partial charge in [-0.25, -0.2) is 13.6 Å². The number of hydrogen-bond acceptors (Lipinski definition) is 4. The zero-order valence-corrected chi connectivity index (χ0v) is 14.5. The van der Waals surface area contributed by atoms with Gasteiger partial charge < -0.3 is 9.47 Å². The molecule has 0 bridgehead atoms. The number of alkyl halides is 2. The number of carbonyl (C=O) groups is 1. The minimum atomic E-state index is -1.05. The van der Waals surface area contributed by atoms with E-state index in [1.54, 1.807) is 18.7 Å². The topological polar surface area (TPSA) is 35.5 Å². The van der Waals surface area contributed by atoms with Crippen LogP contribution in [-0.2, 0) is 9.47 Å². The summed E-state index contributed by atoms with van der Waals surface area (Å²) >= 11 is 1.69. The van der Waals surface area contributed by atoms with Crippen molar-refractivity contribution in [2.45, 2.75) is 44.3 Å². The molecule has 0 aromatic heterocycles. The molecule has 23 heavy (non-hydrogen) atoms. The first-order valence-corrected chi connectivity index (χ1v) is 8.73. The summed E-state index contributed by atoms with van der Waals surface area (Å²) < 4.78 is 36.4. The van der Waals surface area contributed by atoms with Crippen molar-refractivity contribution in [3.05, 3.63) is 28.3 Å². The molecule has 0 N–H and O–H groups in total. The van der Waals surface area contributed by atoms with Gasteiger partial charge in [-0.1, -0.05) is 0 Å². The van der Waals surface area contributed by atoms with E-state index >= 15 is 0 Å². The van der Waals surface area contributed by atoms with Crippen LogP contribution >= 0.6 is 11.8 Å². The minimum Gasteiger partial charge on any atom is -0.462 e. The lowest BCUT2D eigenvalue weighted by Gasteiger charge is -2.31. The first-order valence-electron chi connectivity index (χ1n) is 7.74. The molecule has 0 radical (unpaired) electrons. The van der Waals surface area contributed by atoms with Crippen LogP contribution in [0.3, 0.4) is 0 Å². The molecule has 1 aliphatic rings. The van der Waals surface area contributed by atoms with Crippen molar-refractivity contribution in [3.8, 4) is 0 Å². The normalized spacial score (nSPS) is 17.2. The average Bonchev–Trinajstić information content (AvgIpc) is 2.55. The van der Waals surface area contributed by atoms with Crippen molar-refractivity contribution >= 4 is 17.7 Å². The fourth-order valence-electron chi connectivity index (χ4n) is 2.81. The number of ether oxygens (including phenoxy) is 2. The van der Waals surface area contributed by atoms with Gasteiger partial charge in [0.2, 0.25) is 0 Å². The maximum absolute atomic E-state index is 12.8. The number of benzene rings is 1. The highest BCUT2D eigenvalue weighted by molar-refractivity contribution is 7.99. The Balaban J connectivity index is 2.44. The number of hydrogen-bond donors (Lipinski definition) is 0. The van der Waals surface area contributed by atoms with Crippen molar-refractivity contribution in [1.29, 1.82) is 0 Å². The van der Waals surface area contributed by atoms with E-state index in [0.29, 0.717) is 18.6 Å². The molecular weight excluding hydrogens is 322 g/mol. The van der Waals surface area contributed by atoms with Crippen LogP contribution in [0, 0.1) is 13.8 Å². The molecule has 1 atom stereocenters. The van der Waals surface area contributed by atoms with E-state index in [0.717, 1.165) is 27.3 Å². The summed E-state index contributed by atoms with van der Waals surface area (Å²) in [6.07, 6.45) is -0.779. The smallest absolute Gasteiger partial charge is 0.338 e. The predicted molar refractivity (Wildman–Crippen MR) is 86.8 cm³/mol. The lowest BCUT2D eigenvalue weighted by Crippen LogP contribution is -2.25. The molecule has 0 saturated heterocycles. The highest BCUT2D eigenvalue weighted by Gasteiger charge is 2.30. The lowest BCUT2D eigenvalue weighted by molar-refractivity contribution is -0.0395. The molecule has 0 spiro atoms. The van der Waals surface area contributed by atoms with Crippen LogP contribution in [-0.4, -0.2) is 37.8 Å². The van der Waals surface area contributed by atoms with Gasteiger partial charge in [-0.05, 0) is 49.9 Å². The minimum absolute atomic E-state index is 0.300. The lowest BCUT2D eigenvalue weighted by atomic mass is 9.93. The molecule has 2 rings (SSSR count). The van der Waals surface area contributed by atoms with Gasteiger partial charge in [0, 0.05) is 10.6 Å². The van der Waals surface area contributed by atoms with Crippen molar-refractivity contribution in [3.63, 3.8) is 0 Å². The third kappa shape index (κ3) is 3.86. The molecule has 1 aromatic carbocycles. The van der Waals surface area contributed by atoms with E-state index in [9.17, 15) is 13.6 Å². The molecule has 3 nitrogen and oxygen atoms in total. The number of halogens is 2. The quantitative estimate of drug-likeness (QED) is 0.719. The van der Waals surface area contributed by atoms with Gasteiger partial charge in [-0.15, -0.1) is 11.8 Å². The van der Waals surface area contributed by atoms with E-state index in [2.05, 4.69) is 0 Å². The van der Waals surface area contributed by atoms with Crippen molar-refractivity contribution in [2.24, 2.45) is 0 Å². The maximum atomic E-state index is 12.8. The zero-order chi connectivity index (χ0) is 17.0. The Morgan fingerprint density at radius 1 is 1.39 bits per heavy atom. The Bertz CT molecular complexity index is 573. The van der Waals surface area contributed by atoms with Crippen LogP contribution < -0.4 is 0 Å². The van der Waals surface area contributed by atoms with E-state index in [-0.39, 0.29) is 5.97 Å². The molecular formula is C17H22F2O3S. The van der Waals surface area contributed by atoms with Gasteiger partial charge in [-0.3, -0.25) is 0 Å². The fraction of sp³-hybridized carbons (Fsp3) is 0.588. The Hall–Kier alpha value is -1.14. The Morgan fingerprint density at radius 2 is 2.09 bits per heavy atom. The molecule has 128 valence electrons. The molecule has 1 heterocycles. The van der Waals surface area contributed by atoms with E-state index in [1.807, 2.05) is 19.9 Å². The van der Waals surface area contributed by atoms with Gasteiger partial charge in [-0.2, -0.15) is 0 Å². The second-order valence-corrected chi connectivity index (χ2v) is 6.63. The van der Waals surface area contributed by atoms with Crippen LogP contribution in [0.2, 0.25) is 0 Å². The summed E-state index contributed by atoms with van der Waals surface area (Å²) in [5.41, 5.74) is 3.11. The van der Waals surface area contributed by atoms with E-state index < -0.39 is 25.6 Å². The number of esters is 1. The maximum Gasteiger partial charge on any atom is 0.338 e. The van der Waals surface area contributed by atoms with E-state index in [1.165, 1.54) is 0 Å². The first-order chi connectivity index (χ1) is 11.0. The predicted octanol–water partition coefficient (Wildman–Crippen LogP) is 4.34. The summed E-state index contributed by atoms with van der Waals surface area (Å²) in [7, 11) is 0. The SMILES string of the molecule is CCOC(=O)c1cc(C)c2c(c1C)C(OC(CF)CF)CCS2. The molecule has 0 amide bonds. The fourth-order valence-corrected chi connectivity index (χ4v) is 4.08. The number of carbonyl (C=O) groups excluding carboxylic acids is 1. The van der Waals surface area contributed by atoms with Crippen LogP contribution in [0.4, 0.5) is 8.78 Å².